The Hall–Kier alpha value is -0.470. The molecule has 21 heavy (non-hydrogen) atoms. The summed E-state index contributed by atoms with van der Waals surface area (Å²) < 4.78 is 33.7. The van der Waals surface area contributed by atoms with Crippen LogP contribution in [0.3, 0.4) is 0 Å². The van der Waals surface area contributed by atoms with Crippen molar-refractivity contribution in [2.45, 2.75) is 38.3 Å². The zero-order valence-corrected chi connectivity index (χ0v) is 15.3. The predicted molar refractivity (Wildman–Crippen MR) is 87.9 cm³/mol. The Labute approximate surface area is 135 Å². The minimum absolute atomic E-state index is 0.158. The maximum absolute atomic E-state index is 12.5. The number of rotatable bonds is 8. The second-order valence-corrected chi connectivity index (χ2v) is 7.44. The Morgan fingerprint density at radius 1 is 1.38 bits per heavy atom. The molecule has 0 fully saturated rings. The normalized spacial score (nSPS) is 13.4. The molecule has 0 aliphatic carbocycles. The van der Waals surface area contributed by atoms with Gasteiger partial charge in [-0.25, -0.2) is 13.1 Å². The number of sulfonamides is 1. The highest BCUT2D eigenvalue weighted by Gasteiger charge is 2.20. The number of hydrogen-bond donors (Lipinski definition) is 2. The smallest absolute Gasteiger partial charge is 0.240 e. The summed E-state index contributed by atoms with van der Waals surface area (Å²) in [5.41, 5.74) is 1.61. The van der Waals surface area contributed by atoms with E-state index in [0.29, 0.717) is 23.6 Å². The highest BCUT2D eigenvalue weighted by atomic mass is 79.9. The molecule has 0 saturated heterocycles. The molecule has 0 saturated carbocycles. The van der Waals surface area contributed by atoms with Gasteiger partial charge in [0.15, 0.2) is 0 Å². The van der Waals surface area contributed by atoms with Crippen molar-refractivity contribution < 1.29 is 13.2 Å². The van der Waals surface area contributed by atoms with Crippen molar-refractivity contribution in [1.82, 2.24) is 10.0 Å². The van der Waals surface area contributed by atoms with E-state index in [9.17, 15) is 8.42 Å². The Morgan fingerprint density at radius 2 is 2.05 bits per heavy atom. The summed E-state index contributed by atoms with van der Waals surface area (Å²) >= 11 is 3.42. The summed E-state index contributed by atoms with van der Waals surface area (Å²) in [5, 5.41) is 3.02. The lowest BCUT2D eigenvalue weighted by molar-refractivity contribution is 0.0799. The van der Waals surface area contributed by atoms with Gasteiger partial charge in [0.05, 0.1) is 11.0 Å². The number of nitrogens with one attached hydrogen (secondary N) is 2. The van der Waals surface area contributed by atoms with Crippen LogP contribution in [-0.4, -0.2) is 34.7 Å². The molecule has 0 radical (unpaired) electrons. The molecular formula is C14H23BrN2O3S. The van der Waals surface area contributed by atoms with Crippen LogP contribution >= 0.6 is 15.9 Å². The van der Waals surface area contributed by atoms with Crippen LogP contribution in [0.15, 0.2) is 21.5 Å². The fraction of sp³-hybridized carbons (Fsp3) is 0.571. The standard InChI is InChI=1S/C14H23BrN2O3S/c1-5-20-10(2)8-17-21(18,19)14-7-12(9-16-4)6-13(15)11(14)3/h6-7,10,16-17H,5,8-9H2,1-4H3. The van der Waals surface area contributed by atoms with Crippen molar-refractivity contribution >= 4 is 26.0 Å². The van der Waals surface area contributed by atoms with Crippen LogP contribution in [-0.2, 0) is 21.3 Å². The van der Waals surface area contributed by atoms with Gasteiger partial charge in [0.2, 0.25) is 10.0 Å². The van der Waals surface area contributed by atoms with Gasteiger partial charge in [-0.2, -0.15) is 0 Å². The Morgan fingerprint density at radius 3 is 2.62 bits per heavy atom. The first kappa shape index (κ1) is 18.6. The monoisotopic (exact) mass is 378 g/mol. The molecule has 120 valence electrons. The molecule has 0 aliphatic rings. The van der Waals surface area contributed by atoms with Crippen LogP contribution in [0.4, 0.5) is 0 Å². The maximum Gasteiger partial charge on any atom is 0.240 e. The molecule has 5 nitrogen and oxygen atoms in total. The molecule has 0 amide bonds. The van der Waals surface area contributed by atoms with Gasteiger partial charge >= 0.3 is 0 Å². The van der Waals surface area contributed by atoms with E-state index in [1.54, 1.807) is 13.0 Å². The van der Waals surface area contributed by atoms with Crippen LogP contribution in [0, 0.1) is 6.92 Å². The largest absolute Gasteiger partial charge is 0.377 e. The Balaban J connectivity index is 3.01. The zero-order chi connectivity index (χ0) is 16.0. The number of benzene rings is 1. The van der Waals surface area contributed by atoms with Crippen molar-refractivity contribution in [1.29, 1.82) is 0 Å². The van der Waals surface area contributed by atoms with Crippen LogP contribution in [0.5, 0.6) is 0 Å². The lowest BCUT2D eigenvalue weighted by atomic mass is 10.1. The van der Waals surface area contributed by atoms with Gasteiger partial charge in [-0.05, 0) is 51.1 Å². The Bertz CT molecular complexity index is 576. The minimum Gasteiger partial charge on any atom is -0.377 e. The van der Waals surface area contributed by atoms with Crippen LogP contribution in [0.1, 0.15) is 25.0 Å². The molecule has 0 aromatic heterocycles. The van der Waals surface area contributed by atoms with E-state index in [2.05, 4.69) is 26.0 Å². The van der Waals surface area contributed by atoms with Gasteiger partial charge in [0, 0.05) is 24.2 Å². The van der Waals surface area contributed by atoms with E-state index in [4.69, 9.17) is 4.74 Å². The molecule has 1 aromatic carbocycles. The molecule has 1 atom stereocenters. The first-order valence-corrected chi connectivity index (χ1v) is 9.14. The predicted octanol–water partition coefficient (Wildman–Crippen LogP) is 2.18. The van der Waals surface area contributed by atoms with Gasteiger partial charge < -0.3 is 10.1 Å². The topological polar surface area (TPSA) is 67.4 Å². The van der Waals surface area contributed by atoms with Crippen molar-refractivity contribution in [3.8, 4) is 0 Å². The molecule has 0 heterocycles. The molecule has 0 bridgehead atoms. The maximum atomic E-state index is 12.5. The highest BCUT2D eigenvalue weighted by molar-refractivity contribution is 9.10. The summed E-state index contributed by atoms with van der Waals surface area (Å²) in [6.07, 6.45) is -0.158. The molecule has 1 unspecified atom stereocenters. The van der Waals surface area contributed by atoms with E-state index in [1.807, 2.05) is 27.0 Å². The second kappa shape index (κ2) is 8.24. The average molecular weight is 379 g/mol. The van der Waals surface area contributed by atoms with Crippen molar-refractivity contribution in [2.24, 2.45) is 0 Å². The van der Waals surface area contributed by atoms with E-state index < -0.39 is 10.0 Å². The fourth-order valence-corrected chi connectivity index (χ4v) is 4.01. The lowest BCUT2D eigenvalue weighted by Gasteiger charge is -2.15. The third-order valence-electron chi connectivity index (χ3n) is 3.04. The van der Waals surface area contributed by atoms with Crippen molar-refractivity contribution in [2.75, 3.05) is 20.2 Å². The van der Waals surface area contributed by atoms with Crippen LogP contribution < -0.4 is 10.0 Å². The quantitative estimate of drug-likeness (QED) is 0.727. The van der Waals surface area contributed by atoms with E-state index in [1.165, 1.54) is 0 Å². The van der Waals surface area contributed by atoms with Crippen molar-refractivity contribution in [3.63, 3.8) is 0 Å². The zero-order valence-electron chi connectivity index (χ0n) is 12.9. The first-order chi connectivity index (χ1) is 9.81. The van der Waals surface area contributed by atoms with E-state index in [0.717, 1.165) is 10.0 Å². The second-order valence-electron chi connectivity index (χ2n) is 4.85. The van der Waals surface area contributed by atoms with E-state index in [-0.39, 0.29) is 12.6 Å². The summed E-state index contributed by atoms with van der Waals surface area (Å²) in [6, 6.07) is 3.62. The van der Waals surface area contributed by atoms with Gasteiger partial charge in [-0.1, -0.05) is 15.9 Å². The lowest BCUT2D eigenvalue weighted by Crippen LogP contribution is -2.32. The third-order valence-corrected chi connectivity index (χ3v) is 5.41. The molecule has 7 heteroatoms. The number of halogens is 1. The fourth-order valence-electron chi connectivity index (χ4n) is 1.94. The van der Waals surface area contributed by atoms with Crippen LogP contribution in [0.25, 0.3) is 0 Å². The summed E-state index contributed by atoms with van der Waals surface area (Å²) in [5.74, 6) is 0. The molecule has 0 aliphatic heterocycles. The average Bonchev–Trinajstić information content (AvgIpc) is 2.41. The van der Waals surface area contributed by atoms with Crippen LogP contribution in [0.2, 0.25) is 0 Å². The summed E-state index contributed by atoms with van der Waals surface area (Å²) in [7, 11) is -1.73. The molecule has 1 aromatic rings. The van der Waals surface area contributed by atoms with Gasteiger partial charge in [-0.15, -0.1) is 0 Å². The van der Waals surface area contributed by atoms with Gasteiger partial charge in [0.25, 0.3) is 0 Å². The molecule has 2 N–H and O–H groups in total. The highest BCUT2D eigenvalue weighted by Crippen LogP contribution is 2.25. The number of ether oxygens (including phenoxy) is 1. The summed E-state index contributed by atoms with van der Waals surface area (Å²) in [6.45, 7) is 6.93. The van der Waals surface area contributed by atoms with E-state index >= 15 is 0 Å². The van der Waals surface area contributed by atoms with Gasteiger partial charge in [-0.3, -0.25) is 0 Å². The third kappa shape index (κ3) is 5.34. The Kier molecular flexibility index (Phi) is 7.29. The SMILES string of the molecule is CCOC(C)CNS(=O)(=O)c1cc(CNC)cc(Br)c1C. The van der Waals surface area contributed by atoms with Gasteiger partial charge in [0.1, 0.15) is 0 Å². The summed E-state index contributed by atoms with van der Waals surface area (Å²) in [4.78, 5) is 0.297. The first-order valence-electron chi connectivity index (χ1n) is 6.86. The minimum atomic E-state index is -3.56. The molecule has 0 spiro atoms. The molecule has 1 rings (SSSR count). The number of hydrogen-bond acceptors (Lipinski definition) is 4. The van der Waals surface area contributed by atoms with Crippen molar-refractivity contribution in [3.05, 3.63) is 27.7 Å². The molecular weight excluding hydrogens is 356 g/mol.